The molecule has 1 N–H and O–H groups in total. The summed E-state index contributed by atoms with van der Waals surface area (Å²) in [7, 11) is 1.66. The zero-order chi connectivity index (χ0) is 14.4. The molecule has 6 nitrogen and oxygen atoms in total. The number of hydrogen-bond donors (Lipinski definition) is 1. The van der Waals surface area contributed by atoms with Crippen molar-refractivity contribution in [3.63, 3.8) is 0 Å². The van der Waals surface area contributed by atoms with Crippen molar-refractivity contribution in [1.82, 2.24) is 9.97 Å². The van der Waals surface area contributed by atoms with Crippen LogP contribution in [0.3, 0.4) is 0 Å². The van der Waals surface area contributed by atoms with Gasteiger partial charge in [0.1, 0.15) is 6.33 Å². The van der Waals surface area contributed by atoms with E-state index in [4.69, 9.17) is 9.47 Å². The molecule has 6 heteroatoms. The lowest BCUT2D eigenvalue weighted by Crippen LogP contribution is -2.33. The third-order valence-corrected chi connectivity index (χ3v) is 3.46. The second kappa shape index (κ2) is 7.28. The Hall–Kier alpha value is -1.56. The van der Waals surface area contributed by atoms with E-state index in [0.29, 0.717) is 5.75 Å². The second-order valence-electron chi connectivity index (χ2n) is 4.78. The Balaban J connectivity index is 2.20. The highest BCUT2D eigenvalue weighted by atomic mass is 16.5. The van der Waals surface area contributed by atoms with Gasteiger partial charge in [0.15, 0.2) is 11.6 Å². The largest absolute Gasteiger partial charge is 0.490 e. The number of methoxy groups -OCH3 is 1. The monoisotopic (exact) mass is 280 g/mol. The highest BCUT2D eigenvalue weighted by Crippen LogP contribution is 2.32. The summed E-state index contributed by atoms with van der Waals surface area (Å²) < 4.78 is 11.2. The van der Waals surface area contributed by atoms with Gasteiger partial charge in [-0.2, -0.15) is 0 Å². The van der Waals surface area contributed by atoms with Crippen molar-refractivity contribution in [2.24, 2.45) is 0 Å². The normalized spacial score (nSPS) is 18.1. The first kappa shape index (κ1) is 14.8. The van der Waals surface area contributed by atoms with Crippen molar-refractivity contribution >= 4 is 11.6 Å². The van der Waals surface area contributed by atoms with Gasteiger partial charge < -0.3 is 19.7 Å². The van der Waals surface area contributed by atoms with Crippen LogP contribution in [0.1, 0.15) is 26.7 Å². The van der Waals surface area contributed by atoms with Crippen molar-refractivity contribution < 1.29 is 9.47 Å². The number of aromatic nitrogens is 2. The minimum Gasteiger partial charge on any atom is -0.490 e. The fourth-order valence-corrected chi connectivity index (χ4v) is 2.47. The van der Waals surface area contributed by atoms with Crippen LogP contribution in [0.4, 0.5) is 11.6 Å². The summed E-state index contributed by atoms with van der Waals surface area (Å²) in [6.45, 7) is 7.51. The summed E-state index contributed by atoms with van der Waals surface area (Å²) in [5, 5.41) is 3.21. The first-order chi connectivity index (χ1) is 9.80. The van der Waals surface area contributed by atoms with Crippen LogP contribution in [0.25, 0.3) is 0 Å². The Morgan fingerprint density at radius 1 is 1.45 bits per heavy atom. The Morgan fingerprint density at radius 3 is 2.90 bits per heavy atom. The van der Waals surface area contributed by atoms with E-state index >= 15 is 0 Å². The van der Waals surface area contributed by atoms with E-state index in [0.717, 1.165) is 50.7 Å². The molecule has 0 saturated carbocycles. The van der Waals surface area contributed by atoms with Crippen molar-refractivity contribution in [1.29, 1.82) is 0 Å². The summed E-state index contributed by atoms with van der Waals surface area (Å²) in [5.74, 6) is 2.27. The van der Waals surface area contributed by atoms with Gasteiger partial charge in [-0.05, 0) is 26.7 Å². The topological polar surface area (TPSA) is 59.5 Å². The van der Waals surface area contributed by atoms with Gasteiger partial charge in [-0.3, -0.25) is 0 Å². The molecule has 2 heterocycles. The number of nitrogens with one attached hydrogen (secondary N) is 1. The minimum absolute atomic E-state index is 0.289. The van der Waals surface area contributed by atoms with Gasteiger partial charge in [-0.25, -0.2) is 9.97 Å². The van der Waals surface area contributed by atoms with E-state index in [1.165, 1.54) is 0 Å². The average molecular weight is 280 g/mol. The van der Waals surface area contributed by atoms with Crippen LogP contribution < -0.4 is 15.0 Å². The van der Waals surface area contributed by atoms with Crippen molar-refractivity contribution in [2.75, 3.05) is 43.6 Å². The maximum atomic E-state index is 5.72. The Labute approximate surface area is 120 Å². The standard InChI is InChI=1S/C14H24N4O2/c1-4-15-13-12(19-3)14(17-10-16-13)18(5-2)9-11-7-6-8-20-11/h10-11H,4-9H2,1-3H3,(H,15,16,17). The molecular formula is C14H24N4O2. The van der Waals surface area contributed by atoms with Crippen LogP contribution >= 0.6 is 0 Å². The van der Waals surface area contributed by atoms with E-state index in [9.17, 15) is 0 Å². The van der Waals surface area contributed by atoms with Gasteiger partial charge in [0, 0.05) is 26.2 Å². The number of nitrogens with zero attached hydrogens (tertiary/aromatic N) is 3. The molecule has 1 fully saturated rings. The first-order valence-electron chi connectivity index (χ1n) is 7.29. The number of likely N-dealkylation sites (N-methyl/N-ethyl adjacent to an activating group) is 1. The number of rotatable bonds is 7. The molecule has 0 spiro atoms. The molecule has 1 aromatic heterocycles. The predicted octanol–water partition coefficient (Wildman–Crippen LogP) is 1.92. The molecule has 1 aromatic rings. The molecule has 2 rings (SSSR count). The molecule has 1 unspecified atom stereocenters. The lowest BCUT2D eigenvalue weighted by molar-refractivity contribution is 0.115. The molecule has 1 atom stereocenters. The molecular weight excluding hydrogens is 256 g/mol. The molecule has 0 aromatic carbocycles. The van der Waals surface area contributed by atoms with Crippen LogP contribution in [-0.4, -0.2) is 49.4 Å². The summed E-state index contributed by atoms with van der Waals surface area (Å²) >= 11 is 0. The van der Waals surface area contributed by atoms with Crippen molar-refractivity contribution in [3.8, 4) is 5.75 Å². The van der Waals surface area contributed by atoms with Gasteiger partial charge >= 0.3 is 0 Å². The highest BCUT2D eigenvalue weighted by molar-refractivity contribution is 5.64. The van der Waals surface area contributed by atoms with E-state index in [1.807, 2.05) is 6.92 Å². The van der Waals surface area contributed by atoms with Crippen LogP contribution in [-0.2, 0) is 4.74 Å². The van der Waals surface area contributed by atoms with E-state index in [2.05, 4.69) is 27.1 Å². The molecule has 0 amide bonds. The third-order valence-electron chi connectivity index (χ3n) is 3.46. The molecule has 1 aliphatic rings. The highest BCUT2D eigenvalue weighted by Gasteiger charge is 2.22. The Bertz CT molecular complexity index is 422. The van der Waals surface area contributed by atoms with E-state index in [-0.39, 0.29) is 6.10 Å². The summed E-state index contributed by atoms with van der Waals surface area (Å²) in [6.07, 6.45) is 4.13. The molecule has 0 aliphatic carbocycles. The lowest BCUT2D eigenvalue weighted by Gasteiger charge is -2.26. The first-order valence-corrected chi connectivity index (χ1v) is 7.29. The molecule has 0 bridgehead atoms. The molecule has 0 radical (unpaired) electrons. The quantitative estimate of drug-likeness (QED) is 0.823. The maximum Gasteiger partial charge on any atom is 0.204 e. The lowest BCUT2D eigenvalue weighted by atomic mass is 10.2. The van der Waals surface area contributed by atoms with Crippen LogP contribution in [0, 0.1) is 0 Å². The minimum atomic E-state index is 0.289. The van der Waals surface area contributed by atoms with Crippen LogP contribution in [0.5, 0.6) is 5.75 Å². The van der Waals surface area contributed by atoms with Crippen LogP contribution in [0.2, 0.25) is 0 Å². The fraction of sp³-hybridized carbons (Fsp3) is 0.714. The number of ether oxygens (including phenoxy) is 2. The molecule has 1 aliphatic heterocycles. The SMILES string of the molecule is CCNc1ncnc(N(CC)CC2CCCO2)c1OC. The predicted molar refractivity (Wildman–Crippen MR) is 79.6 cm³/mol. The summed E-state index contributed by atoms with van der Waals surface area (Å²) in [5.41, 5.74) is 0. The number of hydrogen-bond acceptors (Lipinski definition) is 6. The zero-order valence-corrected chi connectivity index (χ0v) is 12.6. The van der Waals surface area contributed by atoms with Gasteiger partial charge in [0.2, 0.25) is 5.75 Å². The van der Waals surface area contributed by atoms with Crippen molar-refractivity contribution in [3.05, 3.63) is 6.33 Å². The average Bonchev–Trinajstić information content (AvgIpc) is 2.98. The van der Waals surface area contributed by atoms with E-state index in [1.54, 1.807) is 13.4 Å². The summed E-state index contributed by atoms with van der Waals surface area (Å²) in [4.78, 5) is 10.8. The molecule has 20 heavy (non-hydrogen) atoms. The molecule has 112 valence electrons. The number of anilines is 2. The van der Waals surface area contributed by atoms with Crippen LogP contribution in [0.15, 0.2) is 6.33 Å². The Morgan fingerprint density at radius 2 is 2.30 bits per heavy atom. The third kappa shape index (κ3) is 3.30. The second-order valence-corrected chi connectivity index (χ2v) is 4.78. The Kier molecular flexibility index (Phi) is 5.40. The maximum absolute atomic E-state index is 5.72. The van der Waals surface area contributed by atoms with Gasteiger partial charge in [0.05, 0.1) is 13.2 Å². The van der Waals surface area contributed by atoms with Gasteiger partial charge in [-0.1, -0.05) is 0 Å². The van der Waals surface area contributed by atoms with E-state index < -0.39 is 0 Å². The van der Waals surface area contributed by atoms with Gasteiger partial charge in [-0.15, -0.1) is 0 Å². The smallest absolute Gasteiger partial charge is 0.204 e. The zero-order valence-electron chi connectivity index (χ0n) is 12.6. The van der Waals surface area contributed by atoms with Gasteiger partial charge in [0.25, 0.3) is 0 Å². The fourth-order valence-electron chi connectivity index (χ4n) is 2.47. The molecule has 1 saturated heterocycles. The summed E-state index contributed by atoms with van der Waals surface area (Å²) in [6, 6.07) is 0. The van der Waals surface area contributed by atoms with Crippen molar-refractivity contribution in [2.45, 2.75) is 32.8 Å².